The molecule has 0 radical (unpaired) electrons. The highest BCUT2D eigenvalue weighted by molar-refractivity contribution is 9.12. The van der Waals surface area contributed by atoms with Crippen LogP contribution < -0.4 is 32.3 Å². The van der Waals surface area contributed by atoms with E-state index in [1.165, 1.54) is 12.1 Å². The molecule has 4 amide bonds. The monoisotopic (exact) mass is 614 g/mol. The maximum atomic E-state index is 13.0. The minimum absolute atomic E-state index is 0.128. The van der Waals surface area contributed by atoms with Crippen molar-refractivity contribution in [1.29, 1.82) is 5.41 Å². The second-order valence-corrected chi connectivity index (χ2v) is 9.85. The van der Waals surface area contributed by atoms with Crippen molar-refractivity contribution >= 4 is 62.6 Å². The molecule has 0 unspecified atom stereocenters. The van der Waals surface area contributed by atoms with Crippen LogP contribution >= 0.6 is 15.9 Å². The third-order valence-electron chi connectivity index (χ3n) is 5.69. The quantitative estimate of drug-likeness (QED) is 0.0742. The summed E-state index contributed by atoms with van der Waals surface area (Å²) in [5, 5.41) is 20.7. The smallest absolute Gasteiger partial charge is 0.272 e. The molecule has 40 heavy (non-hydrogen) atoms. The minimum Gasteiger partial charge on any atom is -0.370 e. The van der Waals surface area contributed by atoms with Gasteiger partial charge in [0.1, 0.15) is 17.1 Å². The molecular weight excluding hydrogens is 584 g/mol. The number of aryl methyl sites for hydroxylation is 3. The molecule has 0 aliphatic carbocycles. The first kappa shape index (κ1) is 29.8. The van der Waals surface area contributed by atoms with Gasteiger partial charge in [0, 0.05) is 52.8 Å². The van der Waals surface area contributed by atoms with Crippen LogP contribution in [0.15, 0.2) is 47.9 Å². The Morgan fingerprint density at radius 1 is 0.775 bits per heavy atom. The number of carbonyl (C=O) groups is 4. The lowest BCUT2D eigenvalue weighted by Gasteiger charge is -2.06. The average Bonchev–Trinajstić information content (AvgIpc) is 3.54. The molecule has 3 heterocycles. The van der Waals surface area contributed by atoms with Crippen molar-refractivity contribution in [2.24, 2.45) is 26.9 Å². The van der Waals surface area contributed by atoms with Crippen molar-refractivity contribution in [3.63, 3.8) is 0 Å². The predicted octanol–water partition coefficient (Wildman–Crippen LogP) is 1.66. The molecule has 0 atom stereocenters. The van der Waals surface area contributed by atoms with Crippen LogP contribution in [0.1, 0.15) is 37.9 Å². The zero-order valence-corrected chi connectivity index (χ0v) is 23.8. The van der Waals surface area contributed by atoms with Crippen LogP contribution in [0.4, 0.5) is 17.1 Å². The van der Waals surface area contributed by atoms with Gasteiger partial charge in [-0.15, -0.1) is 0 Å². The number of guanidine groups is 1. The van der Waals surface area contributed by atoms with Crippen LogP contribution in [0.3, 0.4) is 0 Å². The number of rotatable bonds is 11. The zero-order chi connectivity index (χ0) is 29.6. The number of hydrogen-bond donors (Lipinski definition) is 7. The van der Waals surface area contributed by atoms with E-state index in [1.807, 2.05) is 0 Å². The van der Waals surface area contributed by atoms with Gasteiger partial charge in [-0.2, -0.15) is 0 Å². The lowest BCUT2D eigenvalue weighted by atomic mass is 10.3. The Morgan fingerprint density at radius 2 is 1.18 bits per heavy atom. The van der Waals surface area contributed by atoms with Gasteiger partial charge in [0.15, 0.2) is 5.96 Å². The van der Waals surface area contributed by atoms with Crippen LogP contribution in [0.5, 0.6) is 0 Å². The molecule has 0 aliphatic rings. The molecule has 8 N–H and O–H groups in total. The van der Waals surface area contributed by atoms with Crippen molar-refractivity contribution in [3.8, 4) is 0 Å². The molecule has 0 aliphatic heterocycles. The van der Waals surface area contributed by atoms with Crippen LogP contribution in [0, 0.1) is 5.41 Å². The molecule has 3 aromatic rings. The van der Waals surface area contributed by atoms with E-state index in [0.29, 0.717) is 42.3 Å². The van der Waals surface area contributed by atoms with Gasteiger partial charge in [-0.25, -0.2) is 0 Å². The van der Waals surface area contributed by atoms with Crippen LogP contribution in [-0.2, 0) is 25.9 Å². The highest BCUT2D eigenvalue weighted by Crippen LogP contribution is 2.20. The summed E-state index contributed by atoms with van der Waals surface area (Å²) in [5.41, 5.74) is 7.38. The van der Waals surface area contributed by atoms with Crippen molar-refractivity contribution in [1.82, 2.24) is 24.3 Å². The average molecular weight is 615 g/mol. The first-order valence-corrected chi connectivity index (χ1v) is 12.8. The Hall–Kier alpha value is -4.79. The summed E-state index contributed by atoms with van der Waals surface area (Å²) in [6.45, 7) is 4.35. The Kier molecular flexibility index (Phi) is 9.55. The van der Waals surface area contributed by atoms with Gasteiger partial charge < -0.3 is 46.0 Å². The largest absolute Gasteiger partial charge is 0.370 e. The number of nitrogens with one attached hydrogen (secondary N) is 6. The number of nitrogens with zero attached hydrogens (tertiary/aromatic N) is 3. The molecule has 3 rings (SSSR count). The standard InChI is InChI=1S/C25H31BrN10O4/c1-14(26)21(37)31-15-9-19(35(3)11-15)23(39)33-17-10-20(36(4)13-17)24(40)32-16-8-18(34(2)12-16)22(38)29-6-5-7-30-25(27)28/h8-13H,1,5-7H2,2-4H3,(H,29,38)(H,31,37)(H,32,40)(H,33,39)(H4,27,28,30). The SMILES string of the molecule is C=C(Br)C(=O)Nc1cc(C(=O)Nc2cc(C(=O)Nc3cc(C(=O)NCCCNC(=N)N)n(C)c3)n(C)c2)n(C)c1. The fourth-order valence-corrected chi connectivity index (χ4v) is 3.87. The number of hydrogen-bond acceptors (Lipinski definition) is 5. The maximum Gasteiger partial charge on any atom is 0.272 e. The van der Waals surface area contributed by atoms with E-state index in [1.54, 1.807) is 59.5 Å². The number of aromatic nitrogens is 3. The summed E-state index contributed by atoms with van der Waals surface area (Å²) in [5.74, 6) is -1.74. The summed E-state index contributed by atoms with van der Waals surface area (Å²) >= 11 is 3.01. The van der Waals surface area contributed by atoms with Gasteiger partial charge in [-0.3, -0.25) is 24.6 Å². The normalized spacial score (nSPS) is 10.5. The van der Waals surface area contributed by atoms with Gasteiger partial charge >= 0.3 is 0 Å². The first-order chi connectivity index (χ1) is 18.8. The van der Waals surface area contributed by atoms with Crippen LogP contribution in [0.25, 0.3) is 0 Å². The molecule has 0 aromatic carbocycles. The molecule has 15 heteroatoms. The highest BCUT2D eigenvalue weighted by Gasteiger charge is 2.19. The minimum atomic E-state index is -0.436. The van der Waals surface area contributed by atoms with Crippen molar-refractivity contribution < 1.29 is 19.2 Å². The summed E-state index contributed by atoms with van der Waals surface area (Å²) in [6.07, 6.45) is 5.39. The van der Waals surface area contributed by atoms with E-state index in [0.717, 1.165) is 0 Å². The Bertz CT molecular complexity index is 1480. The lowest BCUT2D eigenvalue weighted by molar-refractivity contribution is -0.112. The number of amides is 4. The van der Waals surface area contributed by atoms with E-state index < -0.39 is 17.7 Å². The molecule has 0 bridgehead atoms. The van der Waals surface area contributed by atoms with Crippen molar-refractivity contribution in [2.45, 2.75) is 6.42 Å². The molecular formula is C25H31BrN10O4. The van der Waals surface area contributed by atoms with E-state index in [4.69, 9.17) is 11.1 Å². The predicted molar refractivity (Wildman–Crippen MR) is 156 cm³/mol. The summed E-state index contributed by atoms with van der Waals surface area (Å²) in [4.78, 5) is 50.2. The van der Waals surface area contributed by atoms with Crippen LogP contribution in [-0.4, -0.2) is 56.4 Å². The Balaban J connectivity index is 1.61. The first-order valence-electron chi connectivity index (χ1n) is 12.0. The molecule has 0 saturated heterocycles. The summed E-state index contributed by atoms with van der Waals surface area (Å²) in [6, 6.07) is 4.61. The maximum absolute atomic E-state index is 13.0. The fourth-order valence-electron chi connectivity index (χ4n) is 3.77. The third-order valence-corrected chi connectivity index (χ3v) is 6.05. The number of carbonyl (C=O) groups excluding carboxylic acids is 4. The summed E-state index contributed by atoms with van der Waals surface area (Å²) in [7, 11) is 5.02. The molecule has 0 spiro atoms. The van der Waals surface area contributed by atoms with Gasteiger partial charge in [0.25, 0.3) is 23.6 Å². The molecule has 0 fully saturated rings. The van der Waals surface area contributed by atoms with E-state index in [2.05, 4.69) is 49.1 Å². The second kappa shape index (κ2) is 12.8. The van der Waals surface area contributed by atoms with Gasteiger partial charge in [-0.05, 0) is 40.5 Å². The van der Waals surface area contributed by atoms with E-state index in [-0.39, 0.29) is 27.7 Å². The van der Waals surface area contributed by atoms with Gasteiger partial charge in [0.05, 0.1) is 21.5 Å². The number of anilines is 3. The zero-order valence-electron chi connectivity index (χ0n) is 22.2. The molecule has 14 nitrogen and oxygen atoms in total. The Labute approximate surface area is 238 Å². The summed E-state index contributed by atoms with van der Waals surface area (Å²) < 4.78 is 4.88. The van der Waals surface area contributed by atoms with Crippen molar-refractivity contribution in [2.75, 3.05) is 29.0 Å². The number of halogens is 1. The topological polar surface area (TPSA) is 193 Å². The second-order valence-electron chi connectivity index (χ2n) is 8.89. The lowest BCUT2D eigenvalue weighted by Crippen LogP contribution is -2.33. The molecule has 0 saturated carbocycles. The van der Waals surface area contributed by atoms with Gasteiger partial charge in [0.2, 0.25) is 0 Å². The molecule has 212 valence electrons. The fraction of sp³-hybridized carbons (Fsp3) is 0.240. The van der Waals surface area contributed by atoms with Crippen LogP contribution in [0.2, 0.25) is 0 Å². The Morgan fingerprint density at radius 3 is 1.60 bits per heavy atom. The van der Waals surface area contributed by atoms with Gasteiger partial charge in [-0.1, -0.05) is 6.58 Å². The number of nitrogens with two attached hydrogens (primary N) is 1. The third kappa shape index (κ3) is 7.63. The van der Waals surface area contributed by atoms with Crippen molar-refractivity contribution in [3.05, 3.63) is 64.9 Å². The highest BCUT2D eigenvalue weighted by atomic mass is 79.9. The van der Waals surface area contributed by atoms with E-state index >= 15 is 0 Å². The van der Waals surface area contributed by atoms with E-state index in [9.17, 15) is 19.2 Å². The molecule has 3 aromatic heterocycles.